The van der Waals surface area contributed by atoms with Crippen molar-refractivity contribution in [2.45, 2.75) is 50.6 Å². The summed E-state index contributed by atoms with van der Waals surface area (Å²) in [5.74, 6) is 1.40. The molecule has 3 aliphatic rings. The maximum Gasteiger partial charge on any atom is 0.224 e. The van der Waals surface area contributed by atoms with Crippen LogP contribution < -0.4 is 10.2 Å². The lowest BCUT2D eigenvalue weighted by Crippen LogP contribution is -2.51. The minimum Gasteiger partial charge on any atom is -0.357 e. The van der Waals surface area contributed by atoms with Crippen LogP contribution in [0, 0.1) is 17.2 Å². The van der Waals surface area contributed by atoms with Crippen LogP contribution in [0.25, 0.3) is 0 Å². The minimum absolute atomic E-state index is 0.169. The molecule has 0 bridgehead atoms. The molecule has 1 amide bonds. The number of carbonyl (C=O) groups excluding carboxylic acids is 1. The SMILES string of the molecule is N#Cc1ccc(N2CCC(N3CCC[C@@H](C(=O)NC4CC4)C3)CC2)nc1. The Bertz CT molecular complexity index is 670. The van der Waals surface area contributed by atoms with E-state index in [0.717, 1.165) is 70.5 Å². The molecule has 6 nitrogen and oxygen atoms in total. The number of rotatable bonds is 4. The van der Waals surface area contributed by atoms with Crippen LogP contribution in [0.2, 0.25) is 0 Å². The Kier molecular flexibility index (Phi) is 5.07. The average Bonchev–Trinajstić information content (AvgIpc) is 3.52. The molecular formula is C20H27N5O. The number of nitrogens with one attached hydrogen (secondary N) is 1. The van der Waals surface area contributed by atoms with Gasteiger partial charge in [-0.05, 0) is 57.2 Å². The molecule has 4 rings (SSSR count). The molecule has 0 radical (unpaired) electrons. The fourth-order valence-electron chi connectivity index (χ4n) is 4.20. The molecule has 2 aliphatic heterocycles. The lowest BCUT2D eigenvalue weighted by atomic mass is 9.93. The van der Waals surface area contributed by atoms with E-state index in [4.69, 9.17) is 5.26 Å². The van der Waals surface area contributed by atoms with Gasteiger partial charge in [0.2, 0.25) is 5.91 Å². The fourth-order valence-corrected chi connectivity index (χ4v) is 4.20. The number of carbonyl (C=O) groups is 1. The number of anilines is 1. The molecule has 26 heavy (non-hydrogen) atoms. The Morgan fingerprint density at radius 2 is 1.96 bits per heavy atom. The van der Waals surface area contributed by atoms with Gasteiger partial charge < -0.3 is 10.2 Å². The van der Waals surface area contributed by atoms with Gasteiger partial charge in [0.15, 0.2) is 0 Å². The molecule has 6 heteroatoms. The molecule has 1 aliphatic carbocycles. The van der Waals surface area contributed by atoms with Crippen molar-refractivity contribution in [2.75, 3.05) is 31.1 Å². The minimum atomic E-state index is 0.169. The largest absolute Gasteiger partial charge is 0.357 e. The molecule has 138 valence electrons. The van der Waals surface area contributed by atoms with Crippen LogP contribution in [-0.2, 0) is 4.79 Å². The van der Waals surface area contributed by atoms with Crippen molar-refractivity contribution in [1.82, 2.24) is 15.2 Å². The summed E-state index contributed by atoms with van der Waals surface area (Å²) in [5, 5.41) is 12.1. The van der Waals surface area contributed by atoms with Crippen LogP contribution in [-0.4, -0.2) is 54.1 Å². The Morgan fingerprint density at radius 1 is 1.15 bits per heavy atom. The first-order chi connectivity index (χ1) is 12.7. The van der Waals surface area contributed by atoms with Gasteiger partial charge >= 0.3 is 0 Å². The highest BCUT2D eigenvalue weighted by molar-refractivity contribution is 5.79. The Labute approximate surface area is 155 Å². The Balaban J connectivity index is 1.29. The summed E-state index contributed by atoms with van der Waals surface area (Å²) < 4.78 is 0. The normalized spacial score (nSPS) is 24.9. The fraction of sp³-hybridized carbons (Fsp3) is 0.650. The zero-order valence-electron chi connectivity index (χ0n) is 15.2. The summed E-state index contributed by atoms with van der Waals surface area (Å²) >= 11 is 0. The number of nitrogens with zero attached hydrogens (tertiary/aromatic N) is 4. The van der Waals surface area contributed by atoms with Gasteiger partial charge in [0.05, 0.1) is 11.5 Å². The van der Waals surface area contributed by atoms with E-state index in [-0.39, 0.29) is 11.8 Å². The molecule has 3 heterocycles. The average molecular weight is 353 g/mol. The van der Waals surface area contributed by atoms with E-state index in [2.05, 4.69) is 26.2 Å². The summed E-state index contributed by atoms with van der Waals surface area (Å²) in [7, 11) is 0. The lowest BCUT2D eigenvalue weighted by Gasteiger charge is -2.42. The predicted octanol–water partition coefficient (Wildman–Crippen LogP) is 1.91. The third-order valence-corrected chi connectivity index (χ3v) is 5.93. The number of piperidine rings is 2. The molecule has 1 saturated carbocycles. The molecule has 0 unspecified atom stereocenters. The van der Waals surface area contributed by atoms with Crippen LogP contribution in [0.1, 0.15) is 44.1 Å². The van der Waals surface area contributed by atoms with Crippen molar-refractivity contribution in [1.29, 1.82) is 5.26 Å². The Hall–Kier alpha value is -2.13. The van der Waals surface area contributed by atoms with Gasteiger partial charge in [-0.2, -0.15) is 5.26 Å². The van der Waals surface area contributed by atoms with Crippen LogP contribution in [0.4, 0.5) is 5.82 Å². The maximum atomic E-state index is 12.4. The number of likely N-dealkylation sites (tertiary alicyclic amines) is 1. The van der Waals surface area contributed by atoms with Crippen molar-refractivity contribution in [3.63, 3.8) is 0 Å². The molecule has 0 spiro atoms. The molecule has 2 saturated heterocycles. The molecule has 0 aromatic carbocycles. The predicted molar refractivity (Wildman–Crippen MR) is 99.6 cm³/mol. The molecule has 1 aromatic rings. The maximum absolute atomic E-state index is 12.4. The van der Waals surface area contributed by atoms with Crippen LogP contribution >= 0.6 is 0 Å². The van der Waals surface area contributed by atoms with Crippen molar-refractivity contribution >= 4 is 11.7 Å². The van der Waals surface area contributed by atoms with E-state index in [0.29, 0.717) is 17.6 Å². The van der Waals surface area contributed by atoms with Gasteiger partial charge in [-0.3, -0.25) is 9.69 Å². The first kappa shape index (κ1) is 17.3. The zero-order valence-corrected chi connectivity index (χ0v) is 15.2. The van der Waals surface area contributed by atoms with Crippen molar-refractivity contribution in [2.24, 2.45) is 5.92 Å². The van der Waals surface area contributed by atoms with Gasteiger partial charge in [-0.25, -0.2) is 4.98 Å². The first-order valence-electron chi connectivity index (χ1n) is 9.88. The number of hydrogen-bond acceptors (Lipinski definition) is 5. The summed E-state index contributed by atoms with van der Waals surface area (Å²) in [6, 6.07) is 6.92. The number of nitriles is 1. The molecular weight excluding hydrogens is 326 g/mol. The smallest absolute Gasteiger partial charge is 0.224 e. The van der Waals surface area contributed by atoms with Crippen LogP contribution in [0.3, 0.4) is 0 Å². The third kappa shape index (κ3) is 3.99. The second kappa shape index (κ2) is 7.63. The number of aromatic nitrogens is 1. The first-order valence-corrected chi connectivity index (χ1v) is 9.88. The standard InChI is InChI=1S/C20H27N5O/c21-12-15-3-6-19(22-13-15)24-10-7-18(8-11-24)25-9-1-2-16(14-25)20(26)23-17-4-5-17/h3,6,13,16-18H,1-2,4-5,7-11,14H2,(H,23,26)/t16-/m1/s1. The van der Waals surface area contributed by atoms with E-state index < -0.39 is 0 Å². The monoisotopic (exact) mass is 353 g/mol. The van der Waals surface area contributed by atoms with Crippen molar-refractivity contribution in [3.8, 4) is 6.07 Å². The van der Waals surface area contributed by atoms with Gasteiger partial charge in [0, 0.05) is 37.9 Å². The molecule has 1 N–H and O–H groups in total. The summed E-state index contributed by atoms with van der Waals surface area (Å²) in [5.41, 5.74) is 0.604. The van der Waals surface area contributed by atoms with Crippen LogP contribution in [0.5, 0.6) is 0 Å². The van der Waals surface area contributed by atoms with Crippen molar-refractivity contribution < 1.29 is 4.79 Å². The molecule has 1 aromatic heterocycles. The number of pyridine rings is 1. The van der Waals surface area contributed by atoms with Gasteiger partial charge in [-0.15, -0.1) is 0 Å². The summed E-state index contributed by atoms with van der Waals surface area (Å²) in [4.78, 5) is 21.7. The Morgan fingerprint density at radius 3 is 2.62 bits per heavy atom. The second-order valence-electron chi connectivity index (χ2n) is 7.85. The quantitative estimate of drug-likeness (QED) is 0.895. The highest BCUT2D eigenvalue weighted by Crippen LogP contribution is 2.27. The van der Waals surface area contributed by atoms with Gasteiger partial charge in [0.1, 0.15) is 11.9 Å². The summed E-state index contributed by atoms with van der Waals surface area (Å²) in [6.07, 6.45) is 8.34. The van der Waals surface area contributed by atoms with E-state index in [1.165, 1.54) is 0 Å². The number of amides is 1. The van der Waals surface area contributed by atoms with E-state index in [1.807, 2.05) is 12.1 Å². The topological polar surface area (TPSA) is 72.3 Å². The van der Waals surface area contributed by atoms with Crippen molar-refractivity contribution in [3.05, 3.63) is 23.9 Å². The molecule has 1 atom stereocenters. The van der Waals surface area contributed by atoms with Gasteiger partial charge in [-0.1, -0.05) is 0 Å². The van der Waals surface area contributed by atoms with Crippen LogP contribution in [0.15, 0.2) is 18.3 Å². The van der Waals surface area contributed by atoms with E-state index >= 15 is 0 Å². The van der Waals surface area contributed by atoms with Gasteiger partial charge in [0.25, 0.3) is 0 Å². The summed E-state index contributed by atoms with van der Waals surface area (Å²) in [6.45, 7) is 4.00. The third-order valence-electron chi connectivity index (χ3n) is 5.93. The number of hydrogen-bond donors (Lipinski definition) is 1. The highest BCUT2D eigenvalue weighted by Gasteiger charge is 2.33. The lowest BCUT2D eigenvalue weighted by molar-refractivity contribution is -0.127. The van der Waals surface area contributed by atoms with E-state index in [9.17, 15) is 4.79 Å². The highest BCUT2D eigenvalue weighted by atomic mass is 16.2. The zero-order chi connectivity index (χ0) is 17.9. The van der Waals surface area contributed by atoms with E-state index in [1.54, 1.807) is 6.20 Å². The molecule has 3 fully saturated rings. The second-order valence-corrected chi connectivity index (χ2v) is 7.85.